The Labute approximate surface area is 70.0 Å². The van der Waals surface area contributed by atoms with Gasteiger partial charge in [-0.1, -0.05) is 0 Å². The van der Waals surface area contributed by atoms with Gasteiger partial charge in [0.05, 0.1) is 12.6 Å². The molecule has 0 aliphatic carbocycles. The van der Waals surface area contributed by atoms with Gasteiger partial charge in [-0.25, -0.2) is 9.97 Å². The third-order valence-corrected chi connectivity index (χ3v) is 1.64. The summed E-state index contributed by atoms with van der Waals surface area (Å²) in [4.78, 5) is 7.86. The number of rotatable bonds is 1. The molecule has 0 aliphatic rings. The molecule has 1 aromatic heterocycles. The van der Waals surface area contributed by atoms with Gasteiger partial charge in [0.25, 0.3) is 0 Å². The highest BCUT2D eigenvalue weighted by Gasteiger charge is 1.95. The van der Waals surface area contributed by atoms with E-state index < -0.39 is 0 Å². The highest BCUT2D eigenvalue weighted by atomic mass is 16.5. The molecule has 0 saturated carbocycles. The summed E-state index contributed by atoms with van der Waals surface area (Å²) < 4.78 is 5.05. The Kier molecular flexibility index (Phi) is 1.63. The van der Waals surface area contributed by atoms with Crippen LogP contribution in [0.2, 0.25) is 0 Å². The van der Waals surface area contributed by atoms with Crippen LogP contribution in [0.1, 0.15) is 0 Å². The molecule has 0 amide bonds. The normalized spacial score (nSPS) is 10.1. The van der Waals surface area contributed by atoms with Crippen molar-refractivity contribution < 1.29 is 4.74 Å². The molecule has 1 heterocycles. The zero-order chi connectivity index (χ0) is 8.39. The van der Waals surface area contributed by atoms with Gasteiger partial charge in [0.15, 0.2) is 0 Å². The zero-order valence-corrected chi connectivity index (χ0v) is 6.61. The molecule has 1 radical (unpaired) electrons. The first-order valence-corrected chi connectivity index (χ1v) is 3.56. The van der Waals surface area contributed by atoms with Crippen molar-refractivity contribution >= 4 is 10.9 Å². The molecule has 0 saturated heterocycles. The van der Waals surface area contributed by atoms with Crippen LogP contribution in [0.15, 0.2) is 24.5 Å². The quantitative estimate of drug-likeness (QED) is 0.631. The van der Waals surface area contributed by atoms with E-state index >= 15 is 0 Å². The van der Waals surface area contributed by atoms with Gasteiger partial charge in [0.1, 0.15) is 18.3 Å². The van der Waals surface area contributed by atoms with E-state index in [4.69, 9.17) is 4.74 Å². The summed E-state index contributed by atoms with van der Waals surface area (Å²) in [6.45, 7) is 0. The number of ether oxygens (including phenoxy) is 1. The molecule has 0 unspecified atom stereocenters. The van der Waals surface area contributed by atoms with Crippen molar-refractivity contribution in [2.24, 2.45) is 0 Å². The van der Waals surface area contributed by atoms with Crippen LogP contribution in [0, 0.1) is 6.20 Å². The molecule has 0 bridgehead atoms. The maximum absolute atomic E-state index is 5.05. The predicted molar refractivity (Wildman–Crippen MR) is 44.9 cm³/mol. The van der Waals surface area contributed by atoms with Gasteiger partial charge < -0.3 is 4.74 Å². The third kappa shape index (κ3) is 1.09. The van der Waals surface area contributed by atoms with Crippen molar-refractivity contribution in [2.75, 3.05) is 7.11 Å². The lowest BCUT2D eigenvalue weighted by Gasteiger charge is -1.99. The van der Waals surface area contributed by atoms with Crippen LogP contribution in [0.5, 0.6) is 5.75 Å². The predicted octanol–water partition coefficient (Wildman–Crippen LogP) is 1.44. The summed E-state index contributed by atoms with van der Waals surface area (Å²) in [6, 6.07) is 5.60. The number of benzene rings is 1. The highest BCUT2D eigenvalue weighted by molar-refractivity contribution is 5.78. The van der Waals surface area contributed by atoms with Crippen molar-refractivity contribution in [1.82, 2.24) is 9.97 Å². The average molecular weight is 159 g/mol. The lowest BCUT2D eigenvalue weighted by molar-refractivity contribution is 0.415. The molecular weight excluding hydrogens is 152 g/mol. The first-order chi connectivity index (χ1) is 5.90. The van der Waals surface area contributed by atoms with Crippen LogP contribution in [0.25, 0.3) is 10.9 Å². The lowest BCUT2D eigenvalue weighted by Crippen LogP contribution is -1.85. The molecule has 0 atom stereocenters. The monoisotopic (exact) mass is 159 g/mol. The van der Waals surface area contributed by atoms with Crippen LogP contribution in [-0.2, 0) is 0 Å². The molecule has 0 N–H and O–H groups in total. The topological polar surface area (TPSA) is 35.0 Å². The number of fused-ring (bicyclic) bond motifs is 1. The zero-order valence-electron chi connectivity index (χ0n) is 6.61. The standard InChI is InChI=1S/C9H7N2O/c1-12-8-3-2-7-5-10-6-11-9(7)4-8/h2-4,6H,1H3. The van der Waals surface area contributed by atoms with Crippen LogP contribution in [-0.4, -0.2) is 17.1 Å². The van der Waals surface area contributed by atoms with E-state index in [-0.39, 0.29) is 0 Å². The molecular formula is C9H7N2O. The average Bonchev–Trinajstić information content (AvgIpc) is 2.17. The molecule has 0 fully saturated rings. The number of hydrogen-bond acceptors (Lipinski definition) is 3. The Balaban J connectivity index is 2.67. The minimum Gasteiger partial charge on any atom is -0.497 e. The molecule has 12 heavy (non-hydrogen) atoms. The summed E-state index contributed by atoms with van der Waals surface area (Å²) in [6.07, 6.45) is 4.31. The Morgan fingerprint density at radius 1 is 1.42 bits per heavy atom. The van der Waals surface area contributed by atoms with Gasteiger partial charge in [-0.05, 0) is 12.1 Å². The smallest absolute Gasteiger partial charge is 0.121 e. The number of aromatic nitrogens is 2. The van der Waals surface area contributed by atoms with Crippen molar-refractivity contribution in [3.8, 4) is 5.75 Å². The molecule has 1 aromatic carbocycles. The van der Waals surface area contributed by atoms with E-state index in [9.17, 15) is 0 Å². The fourth-order valence-electron chi connectivity index (χ4n) is 1.03. The van der Waals surface area contributed by atoms with Crippen LogP contribution < -0.4 is 4.74 Å². The van der Waals surface area contributed by atoms with Crippen LogP contribution in [0.3, 0.4) is 0 Å². The third-order valence-electron chi connectivity index (χ3n) is 1.64. The van der Waals surface area contributed by atoms with E-state index in [1.165, 1.54) is 6.33 Å². The first kappa shape index (κ1) is 7.03. The maximum atomic E-state index is 5.05. The molecule has 2 rings (SSSR count). The van der Waals surface area contributed by atoms with Gasteiger partial charge >= 0.3 is 0 Å². The van der Waals surface area contributed by atoms with E-state index in [0.717, 1.165) is 16.7 Å². The van der Waals surface area contributed by atoms with E-state index in [0.29, 0.717) is 0 Å². The van der Waals surface area contributed by atoms with Crippen LogP contribution in [0.4, 0.5) is 0 Å². The van der Waals surface area contributed by atoms with Crippen molar-refractivity contribution in [2.45, 2.75) is 0 Å². The second-order valence-electron chi connectivity index (χ2n) is 2.37. The second-order valence-corrected chi connectivity index (χ2v) is 2.37. The van der Waals surface area contributed by atoms with Crippen LogP contribution >= 0.6 is 0 Å². The maximum Gasteiger partial charge on any atom is 0.121 e. The summed E-state index contributed by atoms with van der Waals surface area (Å²) in [5.74, 6) is 0.801. The lowest BCUT2D eigenvalue weighted by atomic mass is 10.2. The van der Waals surface area contributed by atoms with E-state index in [1.54, 1.807) is 7.11 Å². The molecule has 3 nitrogen and oxygen atoms in total. The minimum absolute atomic E-state index is 0.801. The highest BCUT2D eigenvalue weighted by Crippen LogP contribution is 2.16. The molecule has 59 valence electrons. The summed E-state index contributed by atoms with van der Waals surface area (Å²) in [7, 11) is 1.63. The summed E-state index contributed by atoms with van der Waals surface area (Å²) in [5, 5.41) is 0.901. The van der Waals surface area contributed by atoms with E-state index in [2.05, 4.69) is 16.2 Å². The first-order valence-electron chi connectivity index (χ1n) is 3.56. The molecule has 2 aromatic rings. The van der Waals surface area contributed by atoms with Gasteiger partial charge in [-0.15, -0.1) is 0 Å². The van der Waals surface area contributed by atoms with Gasteiger partial charge in [0.2, 0.25) is 0 Å². The fraction of sp³-hybridized carbons (Fsp3) is 0.111. The minimum atomic E-state index is 0.801. The number of methoxy groups -OCH3 is 1. The molecule has 0 spiro atoms. The Morgan fingerprint density at radius 2 is 2.33 bits per heavy atom. The van der Waals surface area contributed by atoms with Crippen molar-refractivity contribution in [3.63, 3.8) is 0 Å². The van der Waals surface area contributed by atoms with Crippen molar-refractivity contribution in [3.05, 3.63) is 30.7 Å². The van der Waals surface area contributed by atoms with Crippen molar-refractivity contribution in [1.29, 1.82) is 0 Å². The molecule has 3 heteroatoms. The Bertz CT molecular complexity index is 400. The Morgan fingerprint density at radius 3 is 3.17 bits per heavy atom. The number of nitrogens with zero attached hydrogens (tertiary/aromatic N) is 2. The SMILES string of the molecule is COc1ccc2[c]ncnc2c1. The van der Waals surface area contributed by atoms with Gasteiger partial charge in [-0.3, -0.25) is 0 Å². The number of hydrogen-bond donors (Lipinski definition) is 0. The van der Waals surface area contributed by atoms with Gasteiger partial charge in [0, 0.05) is 11.5 Å². The largest absolute Gasteiger partial charge is 0.497 e. The Hall–Kier alpha value is -1.64. The fourth-order valence-corrected chi connectivity index (χ4v) is 1.03. The summed E-state index contributed by atoms with van der Waals surface area (Å²) >= 11 is 0. The van der Waals surface area contributed by atoms with E-state index in [1.807, 2.05) is 18.2 Å². The molecule has 0 aliphatic heterocycles. The summed E-state index contributed by atoms with van der Waals surface area (Å²) in [5.41, 5.74) is 0.851. The second kappa shape index (κ2) is 2.77. The van der Waals surface area contributed by atoms with Gasteiger partial charge in [-0.2, -0.15) is 0 Å².